The molecule has 1 N–H and O–H groups in total. The number of nitrogens with zero attached hydrogens (tertiary/aromatic N) is 3. The molecule has 28 heavy (non-hydrogen) atoms. The second-order valence-electron chi connectivity index (χ2n) is 8.83. The van der Waals surface area contributed by atoms with E-state index in [1.807, 2.05) is 0 Å². The van der Waals surface area contributed by atoms with E-state index in [9.17, 15) is 24.3 Å². The Morgan fingerprint density at radius 2 is 1.75 bits per heavy atom. The van der Waals surface area contributed by atoms with Crippen LogP contribution in [-0.4, -0.2) is 74.8 Å². The molecule has 0 bridgehead atoms. The summed E-state index contributed by atoms with van der Waals surface area (Å²) in [7, 11) is 1.64. The first-order valence-corrected chi connectivity index (χ1v) is 10.5. The monoisotopic (exact) mass is 391 g/mol. The van der Waals surface area contributed by atoms with E-state index in [1.54, 1.807) is 7.05 Å². The molecule has 4 amide bonds. The number of aliphatic carboxylic acids is 1. The number of carbonyl (C=O) groups excluding carboxylic acids is 3. The van der Waals surface area contributed by atoms with Crippen LogP contribution in [0.4, 0.5) is 4.79 Å². The molecule has 3 atom stereocenters. The summed E-state index contributed by atoms with van der Waals surface area (Å²) in [5.41, 5.74) is -0.819. The van der Waals surface area contributed by atoms with Crippen molar-refractivity contribution in [2.24, 2.45) is 5.92 Å². The van der Waals surface area contributed by atoms with Crippen LogP contribution in [0.25, 0.3) is 0 Å². The van der Waals surface area contributed by atoms with Gasteiger partial charge < -0.3 is 14.9 Å². The maximum Gasteiger partial charge on any atom is 0.327 e. The van der Waals surface area contributed by atoms with Crippen LogP contribution in [-0.2, 0) is 14.4 Å². The maximum absolute atomic E-state index is 13.1. The molecular weight excluding hydrogens is 362 g/mol. The van der Waals surface area contributed by atoms with Crippen molar-refractivity contribution in [3.8, 4) is 0 Å². The number of amides is 4. The standard InChI is InChI=1S/C20H29N3O5/c1-21-19(28)22(18(27)20(21)9-5-2-6-10-20)12-16(24)23-14-8-4-3-7-13(14)11-15(23)17(25)26/h13-15H,2-12H2,1H3,(H,25,26). The van der Waals surface area contributed by atoms with Gasteiger partial charge in [0, 0.05) is 13.1 Å². The van der Waals surface area contributed by atoms with Gasteiger partial charge in [0.1, 0.15) is 18.1 Å². The minimum Gasteiger partial charge on any atom is -0.480 e. The van der Waals surface area contributed by atoms with Crippen LogP contribution in [0.1, 0.15) is 64.2 Å². The van der Waals surface area contributed by atoms with E-state index >= 15 is 0 Å². The highest BCUT2D eigenvalue weighted by atomic mass is 16.4. The second kappa shape index (κ2) is 7.04. The van der Waals surface area contributed by atoms with Gasteiger partial charge in [0.15, 0.2) is 0 Å². The minimum absolute atomic E-state index is 0.0865. The molecule has 0 aromatic rings. The number of likely N-dealkylation sites (N-methyl/N-ethyl adjacent to an activating group) is 1. The Morgan fingerprint density at radius 1 is 1.07 bits per heavy atom. The molecule has 2 aliphatic heterocycles. The van der Waals surface area contributed by atoms with Crippen molar-refractivity contribution in [1.29, 1.82) is 0 Å². The lowest BCUT2D eigenvalue weighted by Gasteiger charge is -2.36. The number of imide groups is 1. The minimum atomic E-state index is -0.998. The van der Waals surface area contributed by atoms with Gasteiger partial charge in [0.05, 0.1) is 0 Å². The van der Waals surface area contributed by atoms with E-state index in [2.05, 4.69) is 0 Å². The van der Waals surface area contributed by atoms with E-state index in [-0.39, 0.29) is 24.4 Å². The van der Waals surface area contributed by atoms with Crippen LogP contribution in [0.15, 0.2) is 0 Å². The second-order valence-corrected chi connectivity index (χ2v) is 8.83. The number of rotatable bonds is 3. The fraction of sp³-hybridized carbons (Fsp3) is 0.800. The fourth-order valence-corrected chi connectivity index (χ4v) is 5.93. The molecule has 2 heterocycles. The molecule has 2 saturated carbocycles. The highest BCUT2D eigenvalue weighted by Gasteiger charge is 2.57. The summed E-state index contributed by atoms with van der Waals surface area (Å²) in [5.74, 6) is -1.50. The number of carboxylic acids is 1. The molecule has 154 valence electrons. The Balaban J connectivity index is 1.54. The first-order chi connectivity index (χ1) is 13.4. The summed E-state index contributed by atoms with van der Waals surface area (Å²) in [5, 5.41) is 9.64. The van der Waals surface area contributed by atoms with Crippen molar-refractivity contribution in [1.82, 2.24) is 14.7 Å². The van der Waals surface area contributed by atoms with E-state index in [4.69, 9.17) is 0 Å². The average Bonchev–Trinajstić information content (AvgIpc) is 3.16. The molecule has 4 rings (SSSR count). The molecule has 4 aliphatic rings. The lowest BCUT2D eigenvalue weighted by atomic mass is 9.81. The normalized spacial score (nSPS) is 32.2. The quantitative estimate of drug-likeness (QED) is 0.740. The number of urea groups is 1. The summed E-state index contributed by atoms with van der Waals surface area (Å²) >= 11 is 0. The third-order valence-electron chi connectivity index (χ3n) is 7.44. The van der Waals surface area contributed by atoms with Crippen LogP contribution >= 0.6 is 0 Å². The number of carbonyl (C=O) groups is 4. The molecule has 8 nitrogen and oxygen atoms in total. The number of fused-ring (bicyclic) bond motifs is 1. The zero-order valence-electron chi connectivity index (χ0n) is 16.4. The van der Waals surface area contributed by atoms with Crippen molar-refractivity contribution in [2.45, 2.75) is 81.8 Å². The van der Waals surface area contributed by atoms with Gasteiger partial charge in [-0.15, -0.1) is 0 Å². The summed E-state index contributed by atoms with van der Waals surface area (Å²) in [6.45, 7) is -0.350. The van der Waals surface area contributed by atoms with Gasteiger partial charge in [0.25, 0.3) is 5.91 Å². The predicted molar refractivity (Wildman–Crippen MR) is 99.3 cm³/mol. The lowest BCUT2D eigenvalue weighted by Crippen LogP contribution is -2.52. The maximum atomic E-state index is 13.1. The van der Waals surface area contributed by atoms with Gasteiger partial charge in [-0.05, 0) is 38.0 Å². The number of hydrogen-bond donors (Lipinski definition) is 1. The van der Waals surface area contributed by atoms with Crippen molar-refractivity contribution in [3.05, 3.63) is 0 Å². The SMILES string of the molecule is CN1C(=O)N(CC(=O)N2C(C(=O)O)CC3CCCCC32)C(=O)C12CCCCC2. The molecule has 4 fully saturated rings. The smallest absolute Gasteiger partial charge is 0.327 e. The zero-order chi connectivity index (χ0) is 20.1. The molecule has 8 heteroatoms. The van der Waals surface area contributed by atoms with Gasteiger partial charge in [-0.2, -0.15) is 0 Å². The average molecular weight is 391 g/mol. The van der Waals surface area contributed by atoms with Gasteiger partial charge in [-0.25, -0.2) is 9.59 Å². The molecule has 3 unspecified atom stereocenters. The Bertz CT molecular complexity index is 702. The first kappa shape index (κ1) is 19.2. The summed E-state index contributed by atoms with van der Waals surface area (Å²) in [6, 6.07) is -1.38. The molecule has 1 spiro atoms. The molecular formula is C20H29N3O5. The van der Waals surface area contributed by atoms with Gasteiger partial charge in [-0.1, -0.05) is 32.1 Å². The number of hydrogen-bond acceptors (Lipinski definition) is 4. The van der Waals surface area contributed by atoms with Crippen LogP contribution in [0.3, 0.4) is 0 Å². The van der Waals surface area contributed by atoms with Crippen molar-refractivity contribution in [2.75, 3.05) is 13.6 Å². The summed E-state index contributed by atoms with van der Waals surface area (Å²) in [4.78, 5) is 54.9. The van der Waals surface area contributed by atoms with Crippen molar-refractivity contribution < 1.29 is 24.3 Å². The zero-order valence-corrected chi connectivity index (χ0v) is 16.4. The van der Waals surface area contributed by atoms with E-state index < -0.39 is 29.5 Å². The third-order valence-corrected chi connectivity index (χ3v) is 7.44. The predicted octanol–water partition coefficient (Wildman–Crippen LogP) is 1.83. The highest BCUT2D eigenvalue weighted by molar-refractivity contribution is 6.09. The van der Waals surface area contributed by atoms with E-state index in [0.29, 0.717) is 19.3 Å². The fourth-order valence-electron chi connectivity index (χ4n) is 5.93. The Labute approximate surface area is 164 Å². The first-order valence-electron chi connectivity index (χ1n) is 10.5. The molecule has 2 saturated heterocycles. The topological polar surface area (TPSA) is 98.2 Å². The van der Waals surface area contributed by atoms with Crippen LogP contribution in [0.2, 0.25) is 0 Å². The van der Waals surface area contributed by atoms with Gasteiger partial charge >= 0.3 is 12.0 Å². The lowest BCUT2D eigenvalue weighted by molar-refractivity contribution is -0.151. The van der Waals surface area contributed by atoms with Crippen molar-refractivity contribution in [3.63, 3.8) is 0 Å². The largest absolute Gasteiger partial charge is 0.480 e. The highest BCUT2D eigenvalue weighted by Crippen LogP contribution is 2.41. The van der Waals surface area contributed by atoms with Gasteiger partial charge in [0.2, 0.25) is 5.91 Å². The Hall–Kier alpha value is -2.12. The van der Waals surface area contributed by atoms with Gasteiger partial charge in [-0.3, -0.25) is 14.5 Å². The number of likely N-dealkylation sites (tertiary alicyclic amines) is 1. The van der Waals surface area contributed by atoms with E-state index in [0.717, 1.165) is 49.8 Å². The Kier molecular flexibility index (Phi) is 4.83. The van der Waals surface area contributed by atoms with E-state index in [1.165, 1.54) is 9.80 Å². The molecule has 0 aromatic heterocycles. The van der Waals surface area contributed by atoms with Crippen LogP contribution < -0.4 is 0 Å². The molecule has 2 aliphatic carbocycles. The summed E-state index contributed by atoms with van der Waals surface area (Å²) in [6.07, 6.45) is 8.33. The summed E-state index contributed by atoms with van der Waals surface area (Å²) < 4.78 is 0. The van der Waals surface area contributed by atoms with Crippen LogP contribution in [0.5, 0.6) is 0 Å². The molecule has 0 aromatic carbocycles. The van der Waals surface area contributed by atoms with Crippen molar-refractivity contribution >= 4 is 23.8 Å². The van der Waals surface area contributed by atoms with Crippen LogP contribution in [0, 0.1) is 5.92 Å². The number of carboxylic acid groups (broad SMARTS) is 1. The third kappa shape index (κ3) is 2.79. The Morgan fingerprint density at radius 3 is 2.43 bits per heavy atom. The molecule has 0 radical (unpaired) electrons.